The zero-order valence-electron chi connectivity index (χ0n) is 13.9. The lowest BCUT2D eigenvalue weighted by atomic mass is 10.1. The highest BCUT2D eigenvalue weighted by atomic mass is 16.5. The van der Waals surface area contributed by atoms with Crippen LogP contribution in [-0.2, 0) is 0 Å². The van der Waals surface area contributed by atoms with E-state index in [1.807, 2.05) is 37.3 Å². The summed E-state index contributed by atoms with van der Waals surface area (Å²) in [5.74, 6) is 0.363. The summed E-state index contributed by atoms with van der Waals surface area (Å²) in [5, 5.41) is 24.1. The summed E-state index contributed by atoms with van der Waals surface area (Å²) in [5.41, 5.74) is 10.9. The Hall–Kier alpha value is -3.99. The molecule has 0 saturated carbocycles. The van der Waals surface area contributed by atoms with Gasteiger partial charge in [-0.1, -0.05) is 41.1 Å². The van der Waals surface area contributed by atoms with Crippen molar-refractivity contribution in [2.45, 2.75) is 6.92 Å². The van der Waals surface area contributed by atoms with E-state index in [2.05, 4.69) is 20.7 Å². The van der Waals surface area contributed by atoms with E-state index in [1.165, 1.54) is 0 Å². The van der Waals surface area contributed by atoms with Crippen molar-refractivity contribution < 1.29 is 4.52 Å². The van der Waals surface area contributed by atoms with E-state index < -0.39 is 5.84 Å². The number of nitrogens with two attached hydrogens (primary N) is 1. The van der Waals surface area contributed by atoms with Gasteiger partial charge in [-0.05, 0) is 25.1 Å². The monoisotopic (exact) mass is 345 g/mol. The van der Waals surface area contributed by atoms with Crippen LogP contribution >= 0.6 is 0 Å². The van der Waals surface area contributed by atoms with Crippen LogP contribution in [0.1, 0.15) is 5.56 Å². The Labute approximate surface area is 149 Å². The molecule has 0 amide bonds. The normalized spacial score (nSPS) is 11.0. The summed E-state index contributed by atoms with van der Waals surface area (Å²) in [4.78, 5) is 4.44. The van der Waals surface area contributed by atoms with Gasteiger partial charge >= 0.3 is 0 Å². The minimum Gasteiger partial charge on any atom is -0.382 e. The number of rotatable bonds is 5. The molecule has 8 nitrogen and oxygen atoms in total. The molecule has 2 aromatic carbocycles. The number of hydrazone groups is 1. The van der Waals surface area contributed by atoms with Crippen molar-refractivity contribution in [3.05, 3.63) is 54.1 Å². The Bertz CT molecular complexity index is 1030. The molecule has 0 radical (unpaired) electrons. The molecular formula is C18H15N7O. The molecule has 0 saturated heterocycles. The molecule has 3 aromatic rings. The average Bonchev–Trinajstić information content (AvgIpc) is 3.12. The summed E-state index contributed by atoms with van der Waals surface area (Å²) in [6.45, 7) is 1.99. The highest BCUT2D eigenvalue weighted by Crippen LogP contribution is 2.28. The smallest absolute Gasteiger partial charge is 0.260 e. The molecule has 0 aliphatic carbocycles. The highest BCUT2D eigenvalue weighted by Gasteiger charge is 2.14. The maximum absolute atomic E-state index is 8.93. The van der Waals surface area contributed by atoms with Gasteiger partial charge in [0, 0.05) is 5.56 Å². The van der Waals surface area contributed by atoms with Crippen LogP contribution in [0.4, 0.5) is 5.69 Å². The Kier molecular flexibility index (Phi) is 4.71. The van der Waals surface area contributed by atoms with Crippen molar-refractivity contribution in [1.29, 1.82) is 10.7 Å². The first kappa shape index (κ1) is 16.9. The van der Waals surface area contributed by atoms with Gasteiger partial charge in [-0.25, -0.2) is 0 Å². The lowest BCUT2D eigenvalue weighted by Crippen LogP contribution is -2.21. The predicted octanol–water partition coefficient (Wildman–Crippen LogP) is 2.94. The van der Waals surface area contributed by atoms with Gasteiger partial charge in [0.1, 0.15) is 6.07 Å². The molecule has 8 heteroatoms. The molecule has 3 rings (SSSR count). The Balaban J connectivity index is 1.94. The topological polar surface area (TPSA) is 137 Å². The molecule has 0 aliphatic rings. The first-order valence-electron chi connectivity index (χ1n) is 7.67. The minimum atomic E-state index is -0.419. The third-order valence-corrected chi connectivity index (χ3v) is 3.51. The van der Waals surface area contributed by atoms with E-state index in [0.717, 1.165) is 11.1 Å². The molecule has 128 valence electrons. The van der Waals surface area contributed by atoms with Crippen LogP contribution in [0, 0.1) is 23.7 Å². The number of aryl methyl sites for hydroxylation is 1. The third-order valence-electron chi connectivity index (χ3n) is 3.51. The molecule has 1 aromatic heterocycles. The SMILES string of the molecule is Cc1cccc(-c2noc(-c3ccccc3N/N=C(\C#N)C(=N)N)n2)c1. The van der Waals surface area contributed by atoms with Gasteiger partial charge in [0.25, 0.3) is 5.89 Å². The second-order valence-corrected chi connectivity index (χ2v) is 5.44. The van der Waals surface area contributed by atoms with E-state index in [4.69, 9.17) is 20.9 Å². The molecule has 4 N–H and O–H groups in total. The fourth-order valence-corrected chi connectivity index (χ4v) is 2.26. The van der Waals surface area contributed by atoms with Crippen molar-refractivity contribution in [3.8, 4) is 28.9 Å². The largest absolute Gasteiger partial charge is 0.382 e. The number of benzene rings is 2. The standard InChI is InChI=1S/C18H15N7O/c1-11-5-4-6-12(9-11)17-22-18(26-25-17)13-7-2-3-8-14(13)23-24-15(10-19)16(20)21/h2-9,23H,1H3,(H3,20,21)/b24-15+. The summed E-state index contributed by atoms with van der Waals surface area (Å²) in [6, 6.07) is 16.7. The summed E-state index contributed by atoms with van der Waals surface area (Å²) >= 11 is 0. The van der Waals surface area contributed by atoms with Crippen LogP contribution in [0.15, 0.2) is 58.2 Å². The molecular weight excluding hydrogens is 330 g/mol. The van der Waals surface area contributed by atoms with Crippen LogP contribution < -0.4 is 11.2 Å². The number of para-hydroxylation sites is 1. The van der Waals surface area contributed by atoms with Gasteiger partial charge < -0.3 is 10.3 Å². The first-order valence-corrected chi connectivity index (χ1v) is 7.67. The van der Waals surface area contributed by atoms with Gasteiger partial charge in [0.15, 0.2) is 5.84 Å². The van der Waals surface area contributed by atoms with E-state index in [9.17, 15) is 0 Å². The molecule has 26 heavy (non-hydrogen) atoms. The van der Waals surface area contributed by atoms with Gasteiger partial charge in [0.2, 0.25) is 11.5 Å². The Morgan fingerprint density at radius 3 is 2.81 bits per heavy atom. The van der Waals surface area contributed by atoms with Crippen molar-refractivity contribution in [3.63, 3.8) is 0 Å². The van der Waals surface area contributed by atoms with Gasteiger partial charge in [0.05, 0.1) is 11.3 Å². The lowest BCUT2D eigenvalue weighted by molar-refractivity contribution is 0.432. The maximum atomic E-state index is 8.93. The number of hydrogen-bond acceptors (Lipinski definition) is 7. The fraction of sp³-hybridized carbons (Fsp3) is 0.0556. The maximum Gasteiger partial charge on any atom is 0.260 e. The molecule has 1 heterocycles. The zero-order valence-corrected chi connectivity index (χ0v) is 13.9. The van der Waals surface area contributed by atoms with Crippen molar-refractivity contribution >= 4 is 17.2 Å². The summed E-state index contributed by atoms with van der Waals surface area (Å²) in [6.07, 6.45) is 0. The molecule has 0 atom stereocenters. The fourth-order valence-electron chi connectivity index (χ4n) is 2.26. The van der Waals surface area contributed by atoms with Crippen molar-refractivity contribution in [2.24, 2.45) is 10.8 Å². The number of aromatic nitrogens is 2. The van der Waals surface area contributed by atoms with Crippen LogP contribution in [0.5, 0.6) is 0 Å². The predicted molar refractivity (Wildman–Crippen MR) is 98.5 cm³/mol. The number of amidine groups is 1. The highest BCUT2D eigenvalue weighted by molar-refractivity contribution is 6.45. The molecule has 0 spiro atoms. The second kappa shape index (κ2) is 7.27. The number of nitrogens with zero attached hydrogens (tertiary/aromatic N) is 4. The molecule has 0 aliphatic heterocycles. The van der Waals surface area contributed by atoms with Crippen LogP contribution in [0.3, 0.4) is 0 Å². The summed E-state index contributed by atoms with van der Waals surface area (Å²) < 4.78 is 5.38. The molecule has 0 unspecified atom stereocenters. The number of hydrogen-bond donors (Lipinski definition) is 3. The van der Waals surface area contributed by atoms with E-state index in [0.29, 0.717) is 23.0 Å². The van der Waals surface area contributed by atoms with Gasteiger partial charge in [-0.15, -0.1) is 0 Å². The lowest BCUT2D eigenvalue weighted by Gasteiger charge is -2.05. The third kappa shape index (κ3) is 3.57. The van der Waals surface area contributed by atoms with Crippen LogP contribution in [0.25, 0.3) is 22.8 Å². The second-order valence-electron chi connectivity index (χ2n) is 5.44. The van der Waals surface area contributed by atoms with Crippen molar-refractivity contribution in [1.82, 2.24) is 10.1 Å². The van der Waals surface area contributed by atoms with E-state index >= 15 is 0 Å². The quantitative estimate of drug-likeness (QED) is 0.369. The zero-order chi connectivity index (χ0) is 18.5. The number of anilines is 1. The summed E-state index contributed by atoms with van der Waals surface area (Å²) in [7, 11) is 0. The minimum absolute atomic E-state index is 0.217. The Morgan fingerprint density at radius 2 is 2.08 bits per heavy atom. The van der Waals surface area contributed by atoms with Crippen LogP contribution in [0.2, 0.25) is 0 Å². The van der Waals surface area contributed by atoms with E-state index in [1.54, 1.807) is 24.3 Å². The molecule has 0 fully saturated rings. The number of nitrogens with one attached hydrogen (secondary N) is 2. The molecule has 0 bridgehead atoms. The van der Waals surface area contributed by atoms with Gasteiger partial charge in [-0.3, -0.25) is 10.8 Å². The first-order chi connectivity index (χ1) is 12.6. The average molecular weight is 345 g/mol. The van der Waals surface area contributed by atoms with Crippen molar-refractivity contribution in [2.75, 3.05) is 5.43 Å². The number of nitriles is 1. The van der Waals surface area contributed by atoms with E-state index in [-0.39, 0.29) is 5.71 Å². The van der Waals surface area contributed by atoms with Gasteiger partial charge in [-0.2, -0.15) is 15.3 Å². The Morgan fingerprint density at radius 1 is 1.27 bits per heavy atom. The van der Waals surface area contributed by atoms with Crippen LogP contribution in [-0.4, -0.2) is 21.7 Å².